The molecule has 2 aromatic rings. The molecule has 1 aliphatic carbocycles. The molecule has 1 amide bonds. The summed E-state index contributed by atoms with van der Waals surface area (Å²) >= 11 is 0. The van der Waals surface area contributed by atoms with Gasteiger partial charge in [0.1, 0.15) is 6.61 Å². The van der Waals surface area contributed by atoms with Crippen LogP contribution in [0.3, 0.4) is 0 Å². The van der Waals surface area contributed by atoms with Crippen LogP contribution < -0.4 is 20.5 Å². The maximum atomic E-state index is 12.3. The van der Waals surface area contributed by atoms with E-state index in [0.29, 0.717) is 24.7 Å². The van der Waals surface area contributed by atoms with E-state index in [1.165, 1.54) is 0 Å². The summed E-state index contributed by atoms with van der Waals surface area (Å²) in [5, 5.41) is 2.95. The number of halogens is 1. The fraction of sp³-hybridized carbons (Fsp3) is 0.381. The van der Waals surface area contributed by atoms with Crippen LogP contribution in [-0.4, -0.2) is 18.6 Å². The minimum Gasteiger partial charge on any atom is -0.493 e. The average Bonchev–Trinajstić information content (AvgIpc) is 3.13. The number of ether oxygens (including phenoxy) is 2. The van der Waals surface area contributed by atoms with E-state index in [1.54, 1.807) is 7.11 Å². The molecule has 0 aliphatic heterocycles. The molecule has 27 heavy (non-hydrogen) atoms. The van der Waals surface area contributed by atoms with Crippen molar-refractivity contribution in [2.45, 2.75) is 44.4 Å². The van der Waals surface area contributed by atoms with Crippen LogP contribution in [0.15, 0.2) is 48.5 Å². The topological polar surface area (TPSA) is 73.6 Å². The minimum atomic E-state index is -0.706. The molecular weight excluding hydrogens is 364 g/mol. The van der Waals surface area contributed by atoms with Crippen LogP contribution in [0.2, 0.25) is 0 Å². The lowest BCUT2D eigenvalue weighted by Gasteiger charge is -2.22. The fourth-order valence-corrected chi connectivity index (χ4v) is 3.27. The van der Waals surface area contributed by atoms with Crippen LogP contribution in [0.25, 0.3) is 0 Å². The molecule has 0 unspecified atom stereocenters. The van der Waals surface area contributed by atoms with Gasteiger partial charge in [0.25, 0.3) is 0 Å². The van der Waals surface area contributed by atoms with Gasteiger partial charge in [0.05, 0.1) is 12.6 Å². The first-order chi connectivity index (χ1) is 12.6. The van der Waals surface area contributed by atoms with Gasteiger partial charge >= 0.3 is 0 Å². The van der Waals surface area contributed by atoms with E-state index in [4.69, 9.17) is 15.2 Å². The van der Waals surface area contributed by atoms with E-state index in [-0.39, 0.29) is 18.3 Å². The largest absolute Gasteiger partial charge is 0.493 e. The average molecular weight is 391 g/mol. The molecule has 0 heterocycles. The summed E-state index contributed by atoms with van der Waals surface area (Å²) in [7, 11) is 1.61. The SMILES string of the molecule is COc1cc(CNC(=O)C2(N)CCCC2)ccc1OCc1ccccc1.Cl. The highest BCUT2D eigenvalue weighted by molar-refractivity contribution is 5.86. The molecule has 146 valence electrons. The summed E-state index contributed by atoms with van der Waals surface area (Å²) in [6, 6.07) is 15.7. The molecule has 0 bridgehead atoms. The molecule has 0 aromatic heterocycles. The highest BCUT2D eigenvalue weighted by Gasteiger charge is 2.36. The van der Waals surface area contributed by atoms with E-state index in [9.17, 15) is 4.79 Å². The van der Waals surface area contributed by atoms with Gasteiger partial charge in [-0.3, -0.25) is 4.79 Å². The van der Waals surface area contributed by atoms with Crippen LogP contribution >= 0.6 is 12.4 Å². The number of nitrogens with two attached hydrogens (primary N) is 1. The van der Waals surface area contributed by atoms with Gasteiger partial charge in [-0.25, -0.2) is 0 Å². The summed E-state index contributed by atoms with van der Waals surface area (Å²) in [4.78, 5) is 12.3. The molecule has 6 heteroatoms. The Labute approximate surface area is 166 Å². The Hall–Kier alpha value is -2.24. The van der Waals surface area contributed by atoms with Gasteiger partial charge in [-0.2, -0.15) is 0 Å². The second kappa shape index (κ2) is 9.62. The van der Waals surface area contributed by atoms with Crippen molar-refractivity contribution in [3.63, 3.8) is 0 Å². The third-order valence-corrected chi connectivity index (χ3v) is 4.87. The first-order valence-corrected chi connectivity index (χ1v) is 9.01. The number of amides is 1. The van der Waals surface area contributed by atoms with Crippen LogP contribution in [0.5, 0.6) is 11.5 Å². The number of carbonyl (C=O) groups excluding carboxylic acids is 1. The normalized spacial score (nSPS) is 14.9. The third-order valence-electron chi connectivity index (χ3n) is 4.87. The number of methoxy groups -OCH3 is 1. The zero-order valence-electron chi connectivity index (χ0n) is 15.6. The molecule has 3 N–H and O–H groups in total. The van der Waals surface area contributed by atoms with E-state index < -0.39 is 5.54 Å². The quantitative estimate of drug-likeness (QED) is 0.757. The van der Waals surface area contributed by atoms with Crippen molar-refractivity contribution in [3.8, 4) is 11.5 Å². The first-order valence-electron chi connectivity index (χ1n) is 9.01. The highest BCUT2D eigenvalue weighted by Crippen LogP contribution is 2.30. The summed E-state index contributed by atoms with van der Waals surface area (Å²) < 4.78 is 11.3. The Morgan fingerprint density at radius 2 is 1.78 bits per heavy atom. The Kier molecular flexibility index (Phi) is 7.51. The maximum absolute atomic E-state index is 12.3. The number of rotatable bonds is 7. The van der Waals surface area contributed by atoms with Gasteiger partial charge in [0, 0.05) is 6.54 Å². The standard InChI is InChI=1S/C21H26N2O3.ClH/c1-25-19-13-17(14-23-20(24)21(22)11-5-6-12-21)9-10-18(19)26-15-16-7-3-2-4-8-16;/h2-4,7-10,13H,5-6,11-12,14-15,22H2,1H3,(H,23,24);1H. The number of hydrogen-bond donors (Lipinski definition) is 2. The lowest BCUT2D eigenvalue weighted by Crippen LogP contribution is -2.51. The van der Waals surface area contributed by atoms with Gasteiger partial charge in [-0.05, 0) is 36.1 Å². The van der Waals surface area contributed by atoms with E-state index in [2.05, 4.69) is 5.32 Å². The molecule has 5 nitrogen and oxygen atoms in total. The van der Waals surface area contributed by atoms with Crippen molar-refractivity contribution in [1.82, 2.24) is 5.32 Å². The van der Waals surface area contributed by atoms with Gasteiger partial charge < -0.3 is 20.5 Å². The van der Waals surface area contributed by atoms with Crippen molar-refractivity contribution >= 4 is 18.3 Å². The summed E-state index contributed by atoms with van der Waals surface area (Å²) in [6.45, 7) is 0.899. The Morgan fingerprint density at radius 3 is 2.44 bits per heavy atom. The second-order valence-electron chi connectivity index (χ2n) is 6.81. The maximum Gasteiger partial charge on any atom is 0.240 e. The molecule has 1 aliphatic rings. The van der Waals surface area contributed by atoms with Crippen LogP contribution in [0.1, 0.15) is 36.8 Å². The Balaban J connectivity index is 0.00000261. The van der Waals surface area contributed by atoms with Crippen molar-refractivity contribution in [2.24, 2.45) is 5.73 Å². The van der Waals surface area contributed by atoms with E-state index in [0.717, 1.165) is 36.8 Å². The van der Waals surface area contributed by atoms with Crippen LogP contribution in [0.4, 0.5) is 0 Å². The zero-order valence-corrected chi connectivity index (χ0v) is 16.4. The van der Waals surface area contributed by atoms with Crippen molar-refractivity contribution in [3.05, 3.63) is 59.7 Å². The molecule has 2 aromatic carbocycles. The van der Waals surface area contributed by atoms with E-state index >= 15 is 0 Å². The Bertz CT molecular complexity index is 746. The predicted molar refractivity (Wildman–Crippen MR) is 108 cm³/mol. The molecule has 0 spiro atoms. The van der Waals surface area contributed by atoms with Gasteiger partial charge in [0.15, 0.2) is 11.5 Å². The molecule has 0 atom stereocenters. The minimum absolute atomic E-state index is 0. The molecule has 1 fully saturated rings. The molecule has 1 saturated carbocycles. The van der Waals surface area contributed by atoms with Crippen LogP contribution in [-0.2, 0) is 17.9 Å². The summed E-state index contributed by atoms with van der Waals surface area (Å²) in [5.41, 5.74) is 7.52. The number of hydrogen-bond acceptors (Lipinski definition) is 4. The number of nitrogens with one attached hydrogen (secondary N) is 1. The lowest BCUT2D eigenvalue weighted by atomic mass is 9.98. The molecule has 0 radical (unpaired) electrons. The number of benzene rings is 2. The smallest absolute Gasteiger partial charge is 0.240 e. The molecule has 0 saturated heterocycles. The van der Waals surface area contributed by atoms with Gasteiger partial charge in [-0.1, -0.05) is 49.2 Å². The van der Waals surface area contributed by atoms with Gasteiger partial charge in [0.2, 0.25) is 5.91 Å². The number of carbonyl (C=O) groups is 1. The lowest BCUT2D eigenvalue weighted by molar-refractivity contribution is -0.126. The monoisotopic (exact) mass is 390 g/mol. The predicted octanol–water partition coefficient (Wildman–Crippen LogP) is 3.58. The summed E-state index contributed by atoms with van der Waals surface area (Å²) in [5.74, 6) is 1.26. The first kappa shape index (κ1) is 21.1. The van der Waals surface area contributed by atoms with Crippen molar-refractivity contribution in [1.29, 1.82) is 0 Å². The summed E-state index contributed by atoms with van der Waals surface area (Å²) in [6.07, 6.45) is 3.55. The zero-order chi connectivity index (χ0) is 18.4. The highest BCUT2D eigenvalue weighted by atomic mass is 35.5. The van der Waals surface area contributed by atoms with Crippen molar-refractivity contribution in [2.75, 3.05) is 7.11 Å². The molecular formula is C21H27ClN2O3. The van der Waals surface area contributed by atoms with Crippen molar-refractivity contribution < 1.29 is 14.3 Å². The third kappa shape index (κ3) is 5.37. The van der Waals surface area contributed by atoms with E-state index in [1.807, 2.05) is 48.5 Å². The second-order valence-corrected chi connectivity index (χ2v) is 6.81. The fourth-order valence-electron chi connectivity index (χ4n) is 3.27. The Morgan fingerprint density at radius 1 is 1.07 bits per heavy atom. The molecule has 3 rings (SSSR count). The van der Waals surface area contributed by atoms with Crippen LogP contribution in [0, 0.1) is 0 Å². The van der Waals surface area contributed by atoms with Gasteiger partial charge in [-0.15, -0.1) is 12.4 Å².